The number of aromatic nitrogens is 2. The van der Waals surface area contributed by atoms with E-state index < -0.39 is 0 Å². The van der Waals surface area contributed by atoms with E-state index in [1.54, 1.807) is 0 Å². The van der Waals surface area contributed by atoms with Crippen LogP contribution in [-0.4, -0.2) is 72.4 Å². The molecule has 3 fully saturated rings. The highest BCUT2D eigenvalue weighted by molar-refractivity contribution is 5.47. The maximum Gasteiger partial charge on any atom is 0.227 e. The highest BCUT2D eigenvalue weighted by Crippen LogP contribution is 2.40. The number of nitrogens with zero attached hydrogens (tertiary/aromatic N) is 5. The maximum absolute atomic E-state index is 10.2. The first-order valence-electron chi connectivity index (χ1n) is 10.8. The lowest BCUT2D eigenvalue weighted by Gasteiger charge is -2.48. The Hall–Kier alpha value is -1.40. The largest absolute Gasteiger partial charge is 0.392 e. The molecular weight excluding hydrogens is 338 g/mol. The molecule has 1 atom stereocenters. The van der Waals surface area contributed by atoms with Crippen LogP contribution in [0.25, 0.3) is 0 Å². The number of β-amino-alcohol motifs (C(OH)–C–C–N with tert-alkyl or cyclic N) is 1. The minimum Gasteiger partial charge on any atom is -0.392 e. The summed E-state index contributed by atoms with van der Waals surface area (Å²) >= 11 is 0. The second-order valence-corrected chi connectivity index (χ2v) is 8.96. The third-order valence-corrected chi connectivity index (χ3v) is 6.70. The number of likely N-dealkylation sites (tertiary alicyclic amines) is 1. The van der Waals surface area contributed by atoms with Gasteiger partial charge in [0.25, 0.3) is 0 Å². The van der Waals surface area contributed by atoms with E-state index in [4.69, 9.17) is 9.97 Å². The predicted molar refractivity (Wildman–Crippen MR) is 109 cm³/mol. The van der Waals surface area contributed by atoms with Gasteiger partial charge in [-0.25, -0.2) is 4.98 Å². The van der Waals surface area contributed by atoms with E-state index in [1.807, 2.05) is 0 Å². The average molecular weight is 374 g/mol. The van der Waals surface area contributed by atoms with Gasteiger partial charge in [-0.2, -0.15) is 4.98 Å². The summed E-state index contributed by atoms with van der Waals surface area (Å²) in [7, 11) is 2.14. The third-order valence-electron chi connectivity index (χ3n) is 6.70. The molecule has 27 heavy (non-hydrogen) atoms. The quantitative estimate of drug-likeness (QED) is 0.878. The number of rotatable bonds is 3. The molecule has 3 aliphatic heterocycles. The Morgan fingerprint density at radius 2 is 1.81 bits per heavy atom. The number of likely N-dealkylation sites (N-methyl/N-ethyl adjacent to an activating group) is 1. The van der Waals surface area contributed by atoms with Gasteiger partial charge >= 0.3 is 0 Å². The van der Waals surface area contributed by atoms with E-state index in [0.717, 1.165) is 82.4 Å². The molecule has 1 aromatic rings. The molecule has 1 N–H and O–H groups in total. The van der Waals surface area contributed by atoms with E-state index in [0.29, 0.717) is 0 Å². The molecule has 3 aliphatic rings. The second kappa shape index (κ2) is 7.92. The molecule has 0 bridgehead atoms. The summed E-state index contributed by atoms with van der Waals surface area (Å²) in [4.78, 5) is 16.9. The summed E-state index contributed by atoms with van der Waals surface area (Å²) in [6.45, 7) is 8.33. The molecule has 6 nitrogen and oxygen atoms in total. The maximum atomic E-state index is 10.2. The van der Waals surface area contributed by atoms with Crippen LogP contribution < -0.4 is 9.80 Å². The summed E-state index contributed by atoms with van der Waals surface area (Å²) in [5, 5.41) is 10.2. The van der Waals surface area contributed by atoms with Crippen LogP contribution in [0.2, 0.25) is 0 Å². The highest BCUT2D eigenvalue weighted by atomic mass is 16.3. The molecule has 3 saturated heterocycles. The monoisotopic (exact) mass is 373 g/mol. The SMILES string of the molecule is CCc1cc(N2CCC3(CC2)CC(O)CN(C)C3)nc(N2CCCCC2)n1. The van der Waals surface area contributed by atoms with Crippen molar-refractivity contribution in [2.75, 3.05) is 56.1 Å². The van der Waals surface area contributed by atoms with Crippen molar-refractivity contribution in [3.63, 3.8) is 0 Å². The molecular formula is C21H35N5O. The first kappa shape index (κ1) is 18.9. The van der Waals surface area contributed by atoms with Crippen LogP contribution in [0.15, 0.2) is 6.07 Å². The number of aliphatic hydroxyl groups excluding tert-OH is 1. The molecule has 6 heteroatoms. The molecule has 4 rings (SSSR count). The van der Waals surface area contributed by atoms with Gasteiger partial charge in [0, 0.05) is 51.0 Å². The van der Waals surface area contributed by atoms with Crippen LogP contribution in [0.4, 0.5) is 11.8 Å². The molecule has 4 heterocycles. The second-order valence-electron chi connectivity index (χ2n) is 8.96. The minimum absolute atomic E-state index is 0.174. The number of anilines is 2. The zero-order valence-electron chi connectivity index (χ0n) is 17.0. The van der Waals surface area contributed by atoms with Crippen LogP contribution in [-0.2, 0) is 6.42 Å². The lowest BCUT2D eigenvalue weighted by Crippen LogP contribution is -2.52. The highest BCUT2D eigenvalue weighted by Gasteiger charge is 2.40. The van der Waals surface area contributed by atoms with Gasteiger partial charge in [-0.3, -0.25) is 0 Å². The van der Waals surface area contributed by atoms with Gasteiger partial charge < -0.3 is 19.8 Å². The molecule has 0 aliphatic carbocycles. The van der Waals surface area contributed by atoms with E-state index in [2.05, 4.69) is 34.7 Å². The fourth-order valence-electron chi connectivity index (χ4n) is 5.25. The third kappa shape index (κ3) is 4.21. The van der Waals surface area contributed by atoms with Gasteiger partial charge in [0.2, 0.25) is 5.95 Å². The molecule has 0 amide bonds. The Morgan fingerprint density at radius 1 is 1.07 bits per heavy atom. The van der Waals surface area contributed by atoms with Crippen molar-refractivity contribution in [1.82, 2.24) is 14.9 Å². The van der Waals surface area contributed by atoms with Gasteiger partial charge in [0.05, 0.1) is 6.10 Å². The fraction of sp³-hybridized carbons (Fsp3) is 0.810. The summed E-state index contributed by atoms with van der Waals surface area (Å²) in [5.74, 6) is 2.03. The minimum atomic E-state index is -0.174. The summed E-state index contributed by atoms with van der Waals surface area (Å²) in [5.41, 5.74) is 1.42. The summed E-state index contributed by atoms with van der Waals surface area (Å²) in [6, 6.07) is 2.19. The van der Waals surface area contributed by atoms with E-state index >= 15 is 0 Å². The average Bonchev–Trinajstić information content (AvgIpc) is 2.68. The lowest BCUT2D eigenvalue weighted by atomic mass is 9.72. The Bertz CT molecular complexity index is 625. The van der Waals surface area contributed by atoms with Crippen LogP contribution in [0, 0.1) is 5.41 Å². The molecule has 1 aromatic heterocycles. The Morgan fingerprint density at radius 3 is 2.48 bits per heavy atom. The zero-order valence-corrected chi connectivity index (χ0v) is 17.0. The summed E-state index contributed by atoms with van der Waals surface area (Å²) in [6.07, 6.45) is 7.82. The number of piperidine rings is 3. The van der Waals surface area contributed by atoms with Gasteiger partial charge in [-0.15, -0.1) is 0 Å². The van der Waals surface area contributed by atoms with Crippen molar-refractivity contribution in [2.45, 2.75) is 58.0 Å². The molecule has 0 aromatic carbocycles. The van der Waals surface area contributed by atoms with Crippen molar-refractivity contribution >= 4 is 11.8 Å². The molecule has 1 unspecified atom stereocenters. The molecule has 150 valence electrons. The molecule has 1 spiro atoms. The number of hydrogen-bond acceptors (Lipinski definition) is 6. The summed E-state index contributed by atoms with van der Waals surface area (Å²) < 4.78 is 0. The van der Waals surface area contributed by atoms with Gasteiger partial charge in [0.1, 0.15) is 5.82 Å². The number of hydrogen-bond donors (Lipinski definition) is 1. The van der Waals surface area contributed by atoms with E-state index in [9.17, 15) is 5.11 Å². The van der Waals surface area contributed by atoms with Gasteiger partial charge in [0.15, 0.2) is 0 Å². The number of aliphatic hydroxyl groups is 1. The first-order chi connectivity index (χ1) is 13.1. The standard InChI is InChI=1S/C21H35N5O/c1-3-17-13-19(23-20(22-17)26-9-5-4-6-10-26)25-11-7-21(8-12-25)14-18(27)15-24(2)16-21/h13,18,27H,3-12,14-16H2,1-2H3. The van der Waals surface area contributed by atoms with Crippen molar-refractivity contribution in [1.29, 1.82) is 0 Å². The Labute approximate surface area is 163 Å². The molecule has 0 saturated carbocycles. The van der Waals surface area contributed by atoms with Crippen molar-refractivity contribution in [2.24, 2.45) is 5.41 Å². The van der Waals surface area contributed by atoms with Crippen molar-refractivity contribution in [3.8, 4) is 0 Å². The Balaban J connectivity index is 1.49. The first-order valence-corrected chi connectivity index (χ1v) is 10.8. The number of aryl methyl sites for hydroxylation is 1. The van der Waals surface area contributed by atoms with Crippen LogP contribution in [0.3, 0.4) is 0 Å². The van der Waals surface area contributed by atoms with Gasteiger partial charge in [-0.05, 0) is 57.4 Å². The lowest BCUT2D eigenvalue weighted by molar-refractivity contribution is -0.0112. The van der Waals surface area contributed by atoms with Crippen molar-refractivity contribution in [3.05, 3.63) is 11.8 Å². The van der Waals surface area contributed by atoms with Crippen LogP contribution >= 0.6 is 0 Å². The van der Waals surface area contributed by atoms with Crippen LogP contribution in [0.1, 0.15) is 51.1 Å². The van der Waals surface area contributed by atoms with Crippen molar-refractivity contribution < 1.29 is 5.11 Å². The Kier molecular flexibility index (Phi) is 5.55. The topological polar surface area (TPSA) is 55.7 Å². The normalized spacial score (nSPS) is 26.6. The zero-order chi connectivity index (χ0) is 18.9. The van der Waals surface area contributed by atoms with Crippen LogP contribution in [0.5, 0.6) is 0 Å². The van der Waals surface area contributed by atoms with E-state index in [1.165, 1.54) is 19.3 Å². The van der Waals surface area contributed by atoms with Gasteiger partial charge in [-0.1, -0.05) is 6.92 Å². The fourth-order valence-corrected chi connectivity index (χ4v) is 5.25. The van der Waals surface area contributed by atoms with E-state index in [-0.39, 0.29) is 11.5 Å². The smallest absolute Gasteiger partial charge is 0.227 e. The predicted octanol–water partition coefficient (Wildman–Crippen LogP) is 2.31. The molecule has 0 radical (unpaired) electrons.